The van der Waals surface area contributed by atoms with Crippen LogP contribution < -0.4 is 0 Å². The molecule has 1 aliphatic heterocycles. The summed E-state index contributed by atoms with van der Waals surface area (Å²) in [5, 5.41) is 0. The van der Waals surface area contributed by atoms with E-state index in [-0.39, 0.29) is 0 Å². The third-order valence-electron chi connectivity index (χ3n) is 1.52. The molecule has 0 bridgehead atoms. The Bertz CT molecular complexity index is 128. The SMILES string of the molecule is CC1N(C)C#CN1C. The quantitative estimate of drug-likeness (QED) is 0.409. The predicted molar refractivity (Wildman–Crippen MR) is 32.8 cm³/mol. The molecule has 2 heteroatoms. The Hall–Kier alpha value is -0.840. The van der Waals surface area contributed by atoms with E-state index in [9.17, 15) is 0 Å². The molecule has 0 radical (unpaired) electrons. The highest BCUT2D eigenvalue weighted by molar-refractivity contribution is 5.05. The van der Waals surface area contributed by atoms with Crippen molar-refractivity contribution in [2.75, 3.05) is 14.1 Å². The van der Waals surface area contributed by atoms with Crippen molar-refractivity contribution in [3.63, 3.8) is 0 Å². The molecular weight excluding hydrogens is 100 g/mol. The van der Waals surface area contributed by atoms with Gasteiger partial charge < -0.3 is 9.80 Å². The first-order chi connectivity index (χ1) is 3.72. The number of rotatable bonds is 0. The van der Waals surface area contributed by atoms with Gasteiger partial charge in [0.1, 0.15) is 6.17 Å². The third kappa shape index (κ3) is 0.604. The van der Waals surface area contributed by atoms with Crippen LogP contribution in [0, 0.1) is 12.1 Å². The summed E-state index contributed by atoms with van der Waals surface area (Å²) >= 11 is 0. The molecule has 0 saturated carbocycles. The predicted octanol–water partition coefficient (Wildman–Crippen LogP) is 0.128. The van der Waals surface area contributed by atoms with Gasteiger partial charge in [0.25, 0.3) is 0 Å². The zero-order valence-electron chi connectivity index (χ0n) is 5.47. The summed E-state index contributed by atoms with van der Waals surface area (Å²) in [6.45, 7) is 2.10. The van der Waals surface area contributed by atoms with Crippen LogP contribution in [0.15, 0.2) is 0 Å². The summed E-state index contributed by atoms with van der Waals surface area (Å²) in [7, 11) is 3.97. The molecule has 0 atom stereocenters. The maximum absolute atomic E-state index is 2.93. The second-order valence-corrected chi connectivity index (χ2v) is 2.08. The molecule has 0 amide bonds. The topological polar surface area (TPSA) is 6.48 Å². The molecule has 0 aromatic rings. The first-order valence-electron chi connectivity index (χ1n) is 2.69. The highest BCUT2D eigenvalue weighted by Gasteiger charge is 2.12. The van der Waals surface area contributed by atoms with Crippen LogP contribution in [-0.2, 0) is 0 Å². The van der Waals surface area contributed by atoms with Gasteiger partial charge in [0.05, 0.1) is 0 Å². The van der Waals surface area contributed by atoms with Crippen molar-refractivity contribution in [2.45, 2.75) is 13.1 Å². The molecule has 1 rings (SSSR count). The molecule has 0 fully saturated rings. The summed E-state index contributed by atoms with van der Waals surface area (Å²) in [5.41, 5.74) is 0. The van der Waals surface area contributed by atoms with E-state index in [1.807, 2.05) is 23.9 Å². The smallest absolute Gasteiger partial charge is 0.113 e. The fourth-order valence-electron chi connectivity index (χ4n) is 0.604. The third-order valence-corrected chi connectivity index (χ3v) is 1.52. The second kappa shape index (κ2) is 1.59. The van der Waals surface area contributed by atoms with Gasteiger partial charge in [0, 0.05) is 26.2 Å². The highest BCUT2D eigenvalue weighted by Crippen LogP contribution is 2.02. The van der Waals surface area contributed by atoms with Crippen molar-refractivity contribution >= 4 is 0 Å². The zero-order chi connectivity index (χ0) is 6.15. The molecule has 0 aromatic heterocycles. The van der Waals surface area contributed by atoms with Crippen molar-refractivity contribution in [3.05, 3.63) is 0 Å². The monoisotopic (exact) mass is 110 g/mol. The van der Waals surface area contributed by atoms with Crippen molar-refractivity contribution in [2.24, 2.45) is 0 Å². The lowest BCUT2D eigenvalue weighted by Gasteiger charge is -2.20. The number of hydrogen-bond donors (Lipinski definition) is 0. The molecule has 1 aliphatic rings. The Balaban J connectivity index is 2.60. The number of hydrogen-bond acceptors (Lipinski definition) is 2. The molecule has 0 N–H and O–H groups in total. The van der Waals surface area contributed by atoms with Gasteiger partial charge in [-0.2, -0.15) is 0 Å². The Morgan fingerprint density at radius 1 is 1.12 bits per heavy atom. The van der Waals surface area contributed by atoms with Crippen molar-refractivity contribution in [1.82, 2.24) is 9.80 Å². The van der Waals surface area contributed by atoms with E-state index in [1.165, 1.54) is 0 Å². The van der Waals surface area contributed by atoms with E-state index >= 15 is 0 Å². The van der Waals surface area contributed by atoms with Crippen LogP contribution in [0.25, 0.3) is 0 Å². The molecule has 0 unspecified atom stereocenters. The standard InChI is InChI=1S/C6H10N2/c1-6-7(2)4-5-8(6)3/h6H,1-3H3. The van der Waals surface area contributed by atoms with Crippen molar-refractivity contribution in [1.29, 1.82) is 0 Å². The van der Waals surface area contributed by atoms with Gasteiger partial charge in [0.15, 0.2) is 0 Å². The lowest BCUT2D eigenvalue weighted by Crippen LogP contribution is -2.31. The zero-order valence-corrected chi connectivity index (χ0v) is 5.47. The van der Waals surface area contributed by atoms with Crippen LogP contribution in [-0.4, -0.2) is 30.1 Å². The Kier molecular flexibility index (Phi) is 1.05. The van der Waals surface area contributed by atoms with E-state index in [0.717, 1.165) is 0 Å². The van der Waals surface area contributed by atoms with Crippen LogP contribution in [0.4, 0.5) is 0 Å². The van der Waals surface area contributed by atoms with Gasteiger partial charge in [-0.05, 0) is 6.92 Å². The van der Waals surface area contributed by atoms with E-state index in [4.69, 9.17) is 0 Å². The summed E-state index contributed by atoms with van der Waals surface area (Å²) in [4.78, 5) is 3.97. The lowest BCUT2D eigenvalue weighted by atomic mass is 10.5. The maximum Gasteiger partial charge on any atom is 0.113 e. The minimum absolute atomic E-state index is 0.426. The van der Waals surface area contributed by atoms with Gasteiger partial charge >= 0.3 is 0 Å². The Morgan fingerprint density at radius 3 is 1.62 bits per heavy atom. The van der Waals surface area contributed by atoms with Crippen LogP contribution in [0.3, 0.4) is 0 Å². The maximum atomic E-state index is 2.93. The van der Waals surface area contributed by atoms with E-state index in [2.05, 4.69) is 19.0 Å². The van der Waals surface area contributed by atoms with Gasteiger partial charge in [0.2, 0.25) is 0 Å². The second-order valence-electron chi connectivity index (χ2n) is 2.08. The van der Waals surface area contributed by atoms with Crippen LogP contribution in [0.1, 0.15) is 6.92 Å². The molecule has 0 saturated heterocycles. The van der Waals surface area contributed by atoms with Gasteiger partial charge in [-0.15, -0.1) is 0 Å². The first-order valence-corrected chi connectivity index (χ1v) is 2.69. The molecule has 8 heavy (non-hydrogen) atoms. The molecule has 0 aliphatic carbocycles. The minimum Gasteiger partial charge on any atom is -0.313 e. The fourth-order valence-corrected chi connectivity index (χ4v) is 0.604. The molecule has 0 aromatic carbocycles. The normalized spacial score (nSPS) is 18.9. The van der Waals surface area contributed by atoms with Crippen LogP contribution in [0.2, 0.25) is 0 Å². The molecule has 44 valence electrons. The average Bonchev–Trinajstić information content (AvgIpc) is 1.98. The summed E-state index contributed by atoms with van der Waals surface area (Å²) < 4.78 is 0. The van der Waals surface area contributed by atoms with Crippen molar-refractivity contribution < 1.29 is 0 Å². The summed E-state index contributed by atoms with van der Waals surface area (Å²) in [5.74, 6) is 0. The highest BCUT2D eigenvalue weighted by atomic mass is 15.3. The van der Waals surface area contributed by atoms with Gasteiger partial charge in [-0.1, -0.05) is 0 Å². The fraction of sp³-hybridized carbons (Fsp3) is 0.667. The Morgan fingerprint density at radius 2 is 1.50 bits per heavy atom. The molecule has 1 heterocycles. The van der Waals surface area contributed by atoms with Crippen molar-refractivity contribution in [3.8, 4) is 12.1 Å². The number of nitrogens with zero attached hydrogens (tertiary/aromatic N) is 2. The molecular formula is C6H10N2. The molecule has 2 nitrogen and oxygen atoms in total. The van der Waals surface area contributed by atoms with E-state index in [1.54, 1.807) is 0 Å². The first kappa shape index (κ1) is 5.30. The van der Waals surface area contributed by atoms with E-state index in [0.29, 0.717) is 6.17 Å². The van der Waals surface area contributed by atoms with Gasteiger partial charge in [-0.25, -0.2) is 0 Å². The van der Waals surface area contributed by atoms with Gasteiger partial charge in [-0.3, -0.25) is 0 Å². The average molecular weight is 110 g/mol. The summed E-state index contributed by atoms with van der Waals surface area (Å²) in [6, 6.07) is 5.86. The van der Waals surface area contributed by atoms with E-state index < -0.39 is 0 Å². The molecule has 0 spiro atoms. The lowest BCUT2D eigenvalue weighted by molar-refractivity contribution is 0.234. The largest absolute Gasteiger partial charge is 0.313 e. The summed E-state index contributed by atoms with van der Waals surface area (Å²) in [6.07, 6.45) is 0.426. The van der Waals surface area contributed by atoms with Crippen LogP contribution in [0.5, 0.6) is 0 Å². The Labute approximate surface area is 50.1 Å². The minimum atomic E-state index is 0.426. The van der Waals surface area contributed by atoms with Crippen LogP contribution >= 0.6 is 0 Å².